The Morgan fingerprint density at radius 2 is 1.75 bits per heavy atom. The monoisotopic (exact) mass is 280 g/mol. The summed E-state index contributed by atoms with van der Waals surface area (Å²) in [5, 5.41) is 3.16. The van der Waals surface area contributed by atoms with E-state index in [1.165, 1.54) is 0 Å². The van der Waals surface area contributed by atoms with Gasteiger partial charge >= 0.3 is 0 Å². The van der Waals surface area contributed by atoms with Crippen LogP contribution in [0.25, 0.3) is 0 Å². The second-order valence-electron chi connectivity index (χ2n) is 4.53. The molecule has 0 bridgehead atoms. The molecule has 1 saturated heterocycles. The van der Waals surface area contributed by atoms with Crippen molar-refractivity contribution >= 4 is 11.4 Å². The highest BCUT2D eigenvalue weighted by molar-refractivity contribution is 5.71. The van der Waals surface area contributed by atoms with E-state index in [0.29, 0.717) is 13.2 Å². The van der Waals surface area contributed by atoms with Gasteiger partial charge in [0.05, 0.1) is 37.8 Å². The zero-order valence-corrected chi connectivity index (χ0v) is 12.6. The lowest BCUT2D eigenvalue weighted by Gasteiger charge is -2.31. The lowest BCUT2D eigenvalue weighted by atomic mass is 10.2. The maximum atomic E-state index is 5.79. The van der Waals surface area contributed by atoms with Gasteiger partial charge in [0.1, 0.15) is 11.5 Å². The van der Waals surface area contributed by atoms with Crippen LogP contribution in [0, 0.1) is 0 Å². The lowest BCUT2D eigenvalue weighted by Crippen LogP contribution is -2.36. The molecule has 5 heteroatoms. The van der Waals surface area contributed by atoms with Gasteiger partial charge in [-0.15, -0.1) is 0 Å². The number of rotatable bonds is 6. The minimum absolute atomic E-state index is 0.644. The summed E-state index contributed by atoms with van der Waals surface area (Å²) in [6.07, 6.45) is 0. The molecule has 1 N–H and O–H groups in total. The standard InChI is InChI=1S/C15H24N2O3/c1-4-19-14-11-13(17-6-8-18-9-7-17)15(20-5-2)10-12(14)16-3/h10-11,16H,4-9H2,1-3H3. The molecule has 1 heterocycles. The fourth-order valence-corrected chi connectivity index (χ4v) is 2.34. The molecule has 1 aromatic carbocycles. The smallest absolute Gasteiger partial charge is 0.144 e. The summed E-state index contributed by atoms with van der Waals surface area (Å²) in [6, 6.07) is 4.07. The van der Waals surface area contributed by atoms with Gasteiger partial charge in [-0.2, -0.15) is 0 Å². The van der Waals surface area contributed by atoms with E-state index in [-0.39, 0.29) is 0 Å². The fourth-order valence-electron chi connectivity index (χ4n) is 2.34. The van der Waals surface area contributed by atoms with Crippen molar-refractivity contribution in [3.05, 3.63) is 12.1 Å². The second-order valence-corrected chi connectivity index (χ2v) is 4.53. The van der Waals surface area contributed by atoms with E-state index >= 15 is 0 Å². The number of nitrogens with zero attached hydrogens (tertiary/aromatic N) is 1. The molecule has 0 amide bonds. The van der Waals surface area contributed by atoms with Gasteiger partial charge in [-0.05, 0) is 13.8 Å². The minimum atomic E-state index is 0.644. The van der Waals surface area contributed by atoms with Crippen LogP contribution < -0.4 is 19.7 Å². The van der Waals surface area contributed by atoms with Gasteiger partial charge in [0, 0.05) is 32.3 Å². The number of anilines is 2. The molecular formula is C15H24N2O3. The Hall–Kier alpha value is -1.62. The van der Waals surface area contributed by atoms with E-state index in [0.717, 1.165) is 49.2 Å². The lowest BCUT2D eigenvalue weighted by molar-refractivity contribution is 0.122. The minimum Gasteiger partial charge on any atom is -0.492 e. The molecule has 5 nitrogen and oxygen atoms in total. The fraction of sp³-hybridized carbons (Fsp3) is 0.600. The van der Waals surface area contributed by atoms with E-state index < -0.39 is 0 Å². The normalized spacial score (nSPS) is 15.1. The Morgan fingerprint density at radius 1 is 1.10 bits per heavy atom. The summed E-state index contributed by atoms with van der Waals surface area (Å²) in [7, 11) is 1.89. The van der Waals surface area contributed by atoms with Crippen molar-refractivity contribution in [1.82, 2.24) is 0 Å². The average molecular weight is 280 g/mol. The van der Waals surface area contributed by atoms with Crippen LogP contribution in [-0.2, 0) is 4.74 Å². The molecule has 2 rings (SSSR count). The summed E-state index contributed by atoms with van der Waals surface area (Å²) >= 11 is 0. The molecule has 1 aliphatic rings. The zero-order chi connectivity index (χ0) is 14.4. The van der Waals surface area contributed by atoms with Crippen LogP contribution >= 0.6 is 0 Å². The summed E-state index contributed by atoms with van der Waals surface area (Å²) in [6.45, 7) is 8.55. The molecule has 0 spiro atoms. The SMILES string of the molecule is CCOc1cc(N2CCOCC2)c(OCC)cc1NC. The average Bonchev–Trinajstić information content (AvgIpc) is 2.49. The van der Waals surface area contributed by atoms with Crippen LogP contribution in [0.2, 0.25) is 0 Å². The zero-order valence-electron chi connectivity index (χ0n) is 12.6. The van der Waals surface area contributed by atoms with Gasteiger partial charge in [-0.1, -0.05) is 0 Å². The van der Waals surface area contributed by atoms with E-state index in [2.05, 4.69) is 16.3 Å². The number of benzene rings is 1. The highest BCUT2D eigenvalue weighted by atomic mass is 16.5. The van der Waals surface area contributed by atoms with Crippen molar-refractivity contribution in [3.63, 3.8) is 0 Å². The molecule has 112 valence electrons. The molecule has 0 atom stereocenters. The van der Waals surface area contributed by atoms with Crippen molar-refractivity contribution in [3.8, 4) is 11.5 Å². The van der Waals surface area contributed by atoms with E-state index in [1.807, 2.05) is 27.0 Å². The summed E-state index contributed by atoms with van der Waals surface area (Å²) in [5.41, 5.74) is 2.03. The van der Waals surface area contributed by atoms with Gasteiger partial charge in [0.15, 0.2) is 0 Å². The van der Waals surface area contributed by atoms with E-state index in [9.17, 15) is 0 Å². The first kappa shape index (κ1) is 14.8. The molecular weight excluding hydrogens is 256 g/mol. The van der Waals surface area contributed by atoms with E-state index in [4.69, 9.17) is 14.2 Å². The van der Waals surface area contributed by atoms with Crippen molar-refractivity contribution < 1.29 is 14.2 Å². The number of hydrogen-bond acceptors (Lipinski definition) is 5. The number of ether oxygens (including phenoxy) is 3. The molecule has 1 aromatic rings. The molecule has 0 unspecified atom stereocenters. The Labute approximate surface area is 120 Å². The summed E-state index contributed by atoms with van der Waals surface area (Å²) in [4.78, 5) is 2.29. The first-order valence-corrected chi connectivity index (χ1v) is 7.24. The van der Waals surface area contributed by atoms with Crippen molar-refractivity contribution in [2.45, 2.75) is 13.8 Å². The molecule has 0 radical (unpaired) electrons. The Morgan fingerprint density at radius 3 is 2.35 bits per heavy atom. The molecule has 20 heavy (non-hydrogen) atoms. The van der Waals surface area contributed by atoms with Gasteiger partial charge in [-0.3, -0.25) is 0 Å². The third-order valence-electron chi connectivity index (χ3n) is 3.28. The van der Waals surface area contributed by atoms with Crippen LogP contribution in [0.1, 0.15) is 13.8 Å². The summed E-state index contributed by atoms with van der Waals surface area (Å²) in [5.74, 6) is 1.75. The highest BCUT2D eigenvalue weighted by Gasteiger charge is 2.19. The second kappa shape index (κ2) is 7.24. The van der Waals surface area contributed by atoms with Crippen LogP contribution in [0.3, 0.4) is 0 Å². The van der Waals surface area contributed by atoms with Crippen molar-refractivity contribution in [1.29, 1.82) is 0 Å². The largest absolute Gasteiger partial charge is 0.492 e. The molecule has 0 aliphatic carbocycles. The van der Waals surface area contributed by atoms with Gasteiger partial charge in [0.2, 0.25) is 0 Å². The number of nitrogens with one attached hydrogen (secondary N) is 1. The van der Waals surface area contributed by atoms with Crippen LogP contribution in [0.15, 0.2) is 12.1 Å². The Balaban J connectivity index is 2.36. The predicted octanol–water partition coefficient (Wildman–Crippen LogP) is 2.36. The van der Waals surface area contributed by atoms with Crippen LogP contribution in [0.5, 0.6) is 11.5 Å². The molecule has 0 aromatic heterocycles. The Kier molecular flexibility index (Phi) is 5.35. The maximum Gasteiger partial charge on any atom is 0.144 e. The quantitative estimate of drug-likeness (QED) is 0.866. The first-order valence-electron chi connectivity index (χ1n) is 7.24. The number of morpholine rings is 1. The third kappa shape index (κ3) is 3.28. The van der Waals surface area contributed by atoms with E-state index in [1.54, 1.807) is 0 Å². The van der Waals surface area contributed by atoms with Crippen LogP contribution in [-0.4, -0.2) is 46.6 Å². The molecule has 1 aliphatic heterocycles. The van der Waals surface area contributed by atoms with Crippen LogP contribution in [0.4, 0.5) is 11.4 Å². The molecule has 1 fully saturated rings. The first-order chi connectivity index (χ1) is 9.80. The summed E-state index contributed by atoms with van der Waals surface area (Å²) < 4.78 is 16.9. The van der Waals surface area contributed by atoms with Gasteiger partial charge in [-0.25, -0.2) is 0 Å². The van der Waals surface area contributed by atoms with Gasteiger partial charge < -0.3 is 24.4 Å². The molecule has 0 saturated carbocycles. The predicted molar refractivity (Wildman–Crippen MR) is 81.4 cm³/mol. The third-order valence-corrected chi connectivity index (χ3v) is 3.28. The van der Waals surface area contributed by atoms with Gasteiger partial charge in [0.25, 0.3) is 0 Å². The number of hydrogen-bond donors (Lipinski definition) is 1. The van der Waals surface area contributed by atoms with Crippen molar-refractivity contribution in [2.24, 2.45) is 0 Å². The van der Waals surface area contributed by atoms with Crippen molar-refractivity contribution in [2.75, 3.05) is 56.8 Å². The topological polar surface area (TPSA) is 43.0 Å². The maximum absolute atomic E-state index is 5.79. The Bertz CT molecular complexity index is 431. The highest BCUT2D eigenvalue weighted by Crippen LogP contribution is 2.39.